The highest BCUT2D eigenvalue weighted by Crippen LogP contribution is 2.65. The van der Waals surface area contributed by atoms with Crippen molar-refractivity contribution in [2.75, 3.05) is 6.54 Å². The standard InChI is InChI=1S/C31H45N5O6S/c1-10-18-16-31(18,26(39)35-43(41,42)19-14-12-11-13-15-19)33-24(37)22-21-20(30(21,8)9)17-36(22)25(38)23(28(2,3)4)32-27(40)34-29(5,6)7/h10-15,18,20-23H,1,16-17H2,2-9H3,(H,33,37)(H,35,39)(H2,32,34,40)/t18?,20?,21?,22?,23?,31-/m1/s1. The van der Waals surface area contributed by atoms with E-state index < -0.39 is 62.4 Å². The Balaban J connectivity index is 1.58. The number of urea groups is 1. The number of likely N-dealkylation sites (tertiary alicyclic amines) is 1. The molecule has 0 bridgehead atoms. The van der Waals surface area contributed by atoms with E-state index in [0.29, 0.717) is 6.54 Å². The lowest BCUT2D eigenvalue weighted by atomic mass is 9.85. The molecule has 12 heteroatoms. The molecule has 5 unspecified atom stereocenters. The number of piperidine rings is 1. The maximum Gasteiger partial charge on any atom is 0.315 e. The van der Waals surface area contributed by atoms with Gasteiger partial charge in [-0.2, -0.15) is 0 Å². The zero-order chi connectivity index (χ0) is 32.3. The predicted octanol–water partition coefficient (Wildman–Crippen LogP) is 2.55. The number of nitrogens with zero attached hydrogens (tertiary/aromatic N) is 1. The first kappa shape index (κ1) is 32.5. The number of amides is 5. The van der Waals surface area contributed by atoms with E-state index in [0.717, 1.165) is 0 Å². The number of rotatable bonds is 8. The van der Waals surface area contributed by atoms with Gasteiger partial charge in [-0.15, -0.1) is 6.58 Å². The monoisotopic (exact) mass is 615 g/mol. The molecular weight excluding hydrogens is 570 g/mol. The first-order valence-electron chi connectivity index (χ1n) is 14.6. The number of sulfonamides is 1. The van der Waals surface area contributed by atoms with Gasteiger partial charge in [0.05, 0.1) is 4.90 Å². The second-order valence-electron chi connectivity index (χ2n) is 14.8. The van der Waals surface area contributed by atoms with Crippen molar-refractivity contribution in [2.45, 2.75) is 89.9 Å². The summed E-state index contributed by atoms with van der Waals surface area (Å²) in [6.07, 6.45) is 1.69. The Morgan fingerprint density at radius 1 is 1.05 bits per heavy atom. The molecule has 6 atom stereocenters. The van der Waals surface area contributed by atoms with Gasteiger partial charge in [-0.05, 0) is 62.0 Å². The third-order valence-electron chi connectivity index (χ3n) is 8.97. The van der Waals surface area contributed by atoms with Crippen molar-refractivity contribution in [1.82, 2.24) is 25.6 Å². The minimum atomic E-state index is -4.18. The van der Waals surface area contributed by atoms with Gasteiger partial charge in [-0.25, -0.2) is 17.9 Å². The highest BCUT2D eigenvalue weighted by molar-refractivity contribution is 7.90. The lowest BCUT2D eigenvalue weighted by Crippen LogP contribution is -2.62. The molecule has 2 saturated carbocycles. The highest BCUT2D eigenvalue weighted by Gasteiger charge is 2.71. The molecule has 0 radical (unpaired) electrons. The molecule has 0 spiro atoms. The van der Waals surface area contributed by atoms with Gasteiger partial charge < -0.3 is 20.9 Å². The van der Waals surface area contributed by atoms with Crippen LogP contribution in [0.5, 0.6) is 0 Å². The zero-order valence-corrected chi connectivity index (χ0v) is 27.1. The zero-order valence-electron chi connectivity index (χ0n) is 26.3. The van der Waals surface area contributed by atoms with E-state index in [9.17, 15) is 27.6 Å². The second kappa shape index (κ2) is 10.6. The van der Waals surface area contributed by atoms with Crippen molar-refractivity contribution in [3.05, 3.63) is 43.0 Å². The van der Waals surface area contributed by atoms with Gasteiger partial charge in [-0.3, -0.25) is 14.4 Å². The van der Waals surface area contributed by atoms with Crippen molar-refractivity contribution in [2.24, 2.45) is 28.6 Å². The number of benzene rings is 1. The summed E-state index contributed by atoms with van der Waals surface area (Å²) in [4.78, 5) is 55.9. The number of carbonyl (C=O) groups excluding carboxylic acids is 4. The number of hydrogen-bond donors (Lipinski definition) is 4. The van der Waals surface area contributed by atoms with Crippen LogP contribution in [0.2, 0.25) is 0 Å². The molecule has 4 rings (SSSR count). The topological polar surface area (TPSA) is 154 Å². The van der Waals surface area contributed by atoms with E-state index in [4.69, 9.17) is 0 Å². The van der Waals surface area contributed by atoms with Crippen LogP contribution in [0.1, 0.15) is 61.8 Å². The van der Waals surface area contributed by atoms with Crippen LogP contribution in [-0.4, -0.2) is 66.8 Å². The quantitative estimate of drug-likeness (QED) is 0.330. The summed E-state index contributed by atoms with van der Waals surface area (Å²) in [5.74, 6) is -2.36. The van der Waals surface area contributed by atoms with Gasteiger partial charge in [0.15, 0.2) is 0 Å². The minimum Gasteiger partial charge on any atom is -0.339 e. The lowest BCUT2D eigenvalue weighted by molar-refractivity contribution is -0.144. The van der Waals surface area contributed by atoms with E-state index >= 15 is 0 Å². The van der Waals surface area contributed by atoms with Crippen LogP contribution in [0.4, 0.5) is 4.79 Å². The number of carbonyl (C=O) groups is 4. The Morgan fingerprint density at radius 2 is 1.65 bits per heavy atom. The molecule has 1 aromatic carbocycles. The van der Waals surface area contributed by atoms with Crippen LogP contribution in [-0.2, 0) is 24.4 Å². The minimum absolute atomic E-state index is 0.0638. The fraction of sp³-hybridized carbons (Fsp3) is 0.613. The first-order chi connectivity index (χ1) is 19.7. The maximum absolute atomic E-state index is 14.1. The Bertz CT molecular complexity index is 1430. The fourth-order valence-electron chi connectivity index (χ4n) is 6.34. The summed E-state index contributed by atoms with van der Waals surface area (Å²) in [6.45, 7) is 19.2. The molecule has 1 aromatic rings. The summed E-state index contributed by atoms with van der Waals surface area (Å²) >= 11 is 0. The van der Waals surface area contributed by atoms with Crippen LogP contribution in [0.15, 0.2) is 47.9 Å². The summed E-state index contributed by atoms with van der Waals surface area (Å²) in [5, 5.41) is 8.47. The van der Waals surface area contributed by atoms with Crippen molar-refractivity contribution < 1.29 is 27.6 Å². The Kier molecular flexibility index (Phi) is 8.04. The fourth-order valence-corrected chi connectivity index (χ4v) is 7.39. The average Bonchev–Trinajstić information content (AvgIpc) is 3.63. The van der Waals surface area contributed by atoms with E-state index in [1.807, 2.05) is 55.4 Å². The summed E-state index contributed by atoms with van der Waals surface area (Å²) in [7, 11) is -4.18. The molecule has 3 aliphatic rings. The van der Waals surface area contributed by atoms with Gasteiger partial charge in [-0.1, -0.05) is 58.9 Å². The van der Waals surface area contributed by atoms with E-state index in [2.05, 4.69) is 27.3 Å². The molecule has 0 aromatic heterocycles. The second-order valence-corrected chi connectivity index (χ2v) is 16.5. The largest absolute Gasteiger partial charge is 0.339 e. The molecule has 1 aliphatic heterocycles. The number of nitrogens with one attached hydrogen (secondary N) is 4. The molecule has 11 nitrogen and oxygen atoms in total. The molecular formula is C31H45N5O6S. The normalized spacial score (nSPS) is 28.1. The molecule has 5 amide bonds. The van der Waals surface area contributed by atoms with Crippen LogP contribution in [0.3, 0.4) is 0 Å². The smallest absolute Gasteiger partial charge is 0.315 e. The first-order valence-corrected chi connectivity index (χ1v) is 16.1. The van der Waals surface area contributed by atoms with Crippen molar-refractivity contribution >= 4 is 33.8 Å². The molecule has 2 aliphatic carbocycles. The van der Waals surface area contributed by atoms with Crippen LogP contribution in [0, 0.1) is 28.6 Å². The van der Waals surface area contributed by atoms with Crippen molar-refractivity contribution in [3.8, 4) is 0 Å². The molecule has 3 fully saturated rings. The number of fused-ring (bicyclic) bond motifs is 1. The lowest BCUT2D eigenvalue weighted by Gasteiger charge is -2.38. The predicted molar refractivity (Wildman–Crippen MR) is 162 cm³/mol. The average molecular weight is 616 g/mol. The molecule has 1 saturated heterocycles. The van der Waals surface area contributed by atoms with Crippen molar-refractivity contribution in [3.63, 3.8) is 0 Å². The highest BCUT2D eigenvalue weighted by atomic mass is 32.2. The third kappa shape index (κ3) is 6.30. The van der Waals surface area contributed by atoms with E-state index in [1.54, 1.807) is 18.2 Å². The van der Waals surface area contributed by atoms with Gasteiger partial charge in [0.2, 0.25) is 11.8 Å². The number of hydrogen-bond acceptors (Lipinski definition) is 6. The summed E-state index contributed by atoms with van der Waals surface area (Å²) in [6, 6.07) is 5.18. The van der Waals surface area contributed by atoms with Gasteiger partial charge >= 0.3 is 6.03 Å². The summed E-state index contributed by atoms with van der Waals surface area (Å²) in [5.41, 5.74) is -2.92. The molecule has 43 heavy (non-hydrogen) atoms. The van der Waals surface area contributed by atoms with Crippen LogP contribution in [0.25, 0.3) is 0 Å². The van der Waals surface area contributed by atoms with Gasteiger partial charge in [0, 0.05) is 18.0 Å². The summed E-state index contributed by atoms with van der Waals surface area (Å²) < 4.78 is 28.0. The SMILES string of the molecule is C=CC1C[C@]1(NC(=O)C1C2C(CN1C(=O)C(NC(=O)NC(C)(C)C)C(C)(C)C)C2(C)C)C(=O)NS(=O)(=O)c1ccccc1. The van der Waals surface area contributed by atoms with Gasteiger partial charge in [0.25, 0.3) is 15.9 Å². The van der Waals surface area contributed by atoms with Gasteiger partial charge in [0.1, 0.15) is 17.6 Å². The van der Waals surface area contributed by atoms with Crippen LogP contribution < -0.4 is 20.7 Å². The Labute approximate surface area is 254 Å². The van der Waals surface area contributed by atoms with Crippen molar-refractivity contribution in [1.29, 1.82) is 0 Å². The Morgan fingerprint density at radius 3 is 2.16 bits per heavy atom. The molecule has 1 heterocycles. The Hall–Kier alpha value is -3.41. The maximum atomic E-state index is 14.1. The van der Waals surface area contributed by atoms with Crippen LogP contribution >= 0.6 is 0 Å². The molecule has 4 N–H and O–H groups in total. The molecule has 236 valence electrons. The van der Waals surface area contributed by atoms with E-state index in [-0.39, 0.29) is 34.5 Å². The van der Waals surface area contributed by atoms with E-state index in [1.165, 1.54) is 23.1 Å². The third-order valence-corrected chi connectivity index (χ3v) is 10.3.